The van der Waals surface area contributed by atoms with E-state index in [4.69, 9.17) is 0 Å². The lowest BCUT2D eigenvalue weighted by molar-refractivity contribution is 0.0695. The molecule has 0 atom stereocenters. The highest BCUT2D eigenvalue weighted by atomic mass is 16.4. The Hall–Kier alpha value is -1.51. The summed E-state index contributed by atoms with van der Waals surface area (Å²) in [4.78, 5) is 11.7. The topological polar surface area (TPSA) is 57.5 Å². The lowest BCUT2D eigenvalue weighted by Crippen LogP contribution is -2.14. The van der Waals surface area contributed by atoms with Gasteiger partial charge < -0.3 is 10.2 Å². The van der Waals surface area contributed by atoms with Crippen LogP contribution in [0, 0.1) is 0 Å². The van der Waals surface area contributed by atoms with Gasteiger partial charge in [-0.25, -0.2) is 4.79 Å². The molecular weight excluding hydrogens is 396 g/mol. The molecule has 0 radical (unpaired) electrons. The van der Waals surface area contributed by atoms with E-state index in [1.54, 1.807) is 12.1 Å². The quantitative estimate of drug-likeness (QED) is 0.221. The van der Waals surface area contributed by atoms with Crippen molar-refractivity contribution in [3.8, 4) is 5.75 Å². The number of aromatic hydroxyl groups is 1. The number of hydrogen-bond acceptors (Lipinski definition) is 2. The number of rotatable bonds is 18. The molecule has 1 rings (SSSR count). The van der Waals surface area contributed by atoms with Crippen LogP contribution >= 0.6 is 0 Å². The third kappa shape index (κ3) is 11.9. The zero-order valence-electron chi connectivity index (χ0n) is 21.5. The monoisotopic (exact) mass is 446 g/mol. The zero-order valence-corrected chi connectivity index (χ0v) is 21.5. The first-order valence-corrected chi connectivity index (χ1v) is 13.4. The zero-order chi connectivity index (χ0) is 23.8. The van der Waals surface area contributed by atoms with Gasteiger partial charge in [-0.05, 0) is 36.0 Å². The molecule has 0 aliphatic rings. The van der Waals surface area contributed by atoms with Gasteiger partial charge >= 0.3 is 5.97 Å². The van der Waals surface area contributed by atoms with Gasteiger partial charge in [-0.1, -0.05) is 124 Å². The van der Waals surface area contributed by atoms with Crippen molar-refractivity contribution in [3.63, 3.8) is 0 Å². The van der Waals surface area contributed by atoms with Crippen molar-refractivity contribution in [1.29, 1.82) is 0 Å². The van der Waals surface area contributed by atoms with Gasteiger partial charge in [-0.2, -0.15) is 0 Å². The van der Waals surface area contributed by atoms with Crippen LogP contribution in [0.3, 0.4) is 0 Å². The number of carboxylic acids is 1. The first-order valence-electron chi connectivity index (χ1n) is 13.4. The second-order valence-corrected chi connectivity index (χ2v) is 10.6. The summed E-state index contributed by atoms with van der Waals surface area (Å²) < 4.78 is 0. The number of aryl methyl sites for hydroxylation is 1. The molecule has 0 unspecified atom stereocenters. The summed E-state index contributed by atoms with van der Waals surface area (Å²) in [6.45, 7) is 8.24. The summed E-state index contributed by atoms with van der Waals surface area (Å²) in [5.41, 5.74) is 1.52. The molecule has 0 aromatic heterocycles. The van der Waals surface area contributed by atoms with Crippen LogP contribution in [0.15, 0.2) is 12.1 Å². The maximum atomic E-state index is 11.7. The molecule has 32 heavy (non-hydrogen) atoms. The van der Waals surface area contributed by atoms with Crippen molar-refractivity contribution in [2.45, 2.75) is 142 Å². The molecule has 184 valence electrons. The van der Waals surface area contributed by atoms with Crippen LogP contribution in [0.4, 0.5) is 0 Å². The predicted octanol–water partition coefficient (Wildman–Crippen LogP) is 9.19. The van der Waals surface area contributed by atoms with E-state index in [0.29, 0.717) is 11.1 Å². The number of benzene rings is 1. The Kier molecular flexibility index (Phi) is 14.4. The Balaban J connectivity index is 2.12. The lowest BCUT2D eigenvalue weighted by atomic mass is 9.83. The molecular formula is C29H50O3. The highest BCUT2D eigenvalue weighted by molar-refractivity contribution is 5.90. The van der Waals surface area contributed by atoms with Crippen LogP contribution in [-0.2, 0) is 11.8 Å². The van der Waals surface area contributed by atoms with Crippen LogP contribution in [0.5, 0.6) is 5.75 Å². The minimum Gasteiger partial charge on any atom is -0.508 e. The van der Waals surface area contributed by atoms with Gasteiger partial charge in [0.05, 0.1) is 5.56 Å². The molecule has 1 aromatic rings. The molecule has 1 aromatic carbocycles. The fourth-order valence-corrected chi connectivity index (χ4v) is 4.50. The molecule has 0 heterocycles. The number of hydrogen-bond donors (Lipinski definition) is 2. The molecule has 0 aliphatic heterocycles. The van der Waals surface area contributed by atoms with Gasteiger partial charge in [0.15, 0.2) is 0 Å². The van der Waals surface area contributed by atoms with Gasteiger partial charge in [0.2, 0.25) is 0 Å². The summed E-state index contributed by atoms with van der Waals surface area (Å²) >= 11 is 0. The number of carboxylic acid groups (broad SMARTS) is 1. The minimum absolute atomic E-state index is 0.217. The number of carbonyl (C=O) groups is 1. The summed E-state index contributed by atoms with van der Waals surface area (Å²) in [5, 5.41) is 20.0. The summed E-state index contributed by atoms with van der Waals surface area (Å²) in [5.74, 6) is -0.684. The number of phenols is 1. The molecule has 3 heteroatoms. The van der Waals surface area contributed by atoms with Crippen molar-refractivity contribution in [1.82, 2.24) is 0 Å². The second-order valence-electron chi connectivity index (χ2n) is 10.6. The standard InChI is InChI=1S/C29H50O3/c1-5-6-7-8-9-10-11-12-13-14-15-16-17-18-19-20-21-24-22-27(30)26(29(2,3)4)23-25(24)28(31)32/h22-23,30H,5-21H2,1-4H3,(H,31,32). The molecule has 0 aliphatic carbocycles. The van der Waals surface area contributed by atoms with E-state index in [0.717, 1.165) is 24.8 Å². The Labute approximate surface area is 198 Å². The average molecular weight is 447 g/mol. The van der Waals surface area contributed by atoms with Gasteiger partial charge in [-0.15, -0.1) is 0 Å². The van der Waals surface area contributed by atoms with Crippen LogP contribution in [0.2, 0.25) is 0 Å². The molecule has 0 saturated heterocycles. The van der Waals surface area contributed by atoms with E-state index >= 15 is 0 Å². The molecule has 2 N–H and O–H groups in total. The average Bonchev–Trinajstić information content (AvgIpc) is 2.72. The van der Waals surface area contributed by atoms with Crippen LogP contribution in [0.25, 0.3) is 0 Å². The summed E-state index contributed by atoms with van der Waals surface area (Å²) in [6, 6.07) is 3.34. The van der Waals surface area contributed by atoms with E-state index < -0.39 is 5.97 Å². The van der Waals surface area contributed by atoms with Crippen molar-refractivity contribution in [2.24, 2.45) is 0 Å². The summed E-state index contributed by atoms with van der Waals surface area (Å²) in [7, 11) is 0. The van der Waals surface area contributed by atoms with Crippen LogP contribution in [-0.4, -0.2) is 16.2 Å². The molecule has 0 amide bonds. The Bertz CT molecular complexity index is 643. The second kappa shape index (κ2) is 16.2. The van der Waals surface area contributed by atoms with E-state index in [2.05, 4.69) is 6.92 Å². The number of aromatic carboxylic acids is 1. The van der Waals surface area contributed by atoms with E-state index in [9.17, 15) is 15.0 Å². The normalized spacial score (nSPS) is 11.8. The van der Waals surface area contributed by atoms with Gasteiger partial charge in [0, 0.05) is 5.56 Å². The smallest absolute Gasteiger partial charge is 0.335 e. The third-order valence-corrected chi connectivity index (χ3v) is 6.56. The molecule has 0 spiro atoms. The fraction of sp³-hybridized carbons (Fsp3) is 0.759. The Morgan fingerprint density at radius 3 is 1.50 bits per heavy atom. The largest absolute Gasteiger partial charge is 0.508 e. The number of unbranched alkanes of at least 4 members (excludes halogenated alkanes) is 15. The van der Waals surface area contributed by atoms with Gasteiger partial charge in [0.25, 0.3) is 0 Å². The van der Waals surface area contributed by atoms with Crippen LogP contribution in [0.1, 0.15) is 152 Å². The van der Waals surface area contributed by atoms with Crippen molar-refractivity contribution in [3.05, 3.63) is 28.8 Å². The fourth-order valence-electron chi connectivity index (χ4n) is 4.50. The van der Waals surface area contributed by atoms with Gasteiger partial charge in [-0.3, -0.25) is 0 Å². The highest BCUT2D eigenvalue weighted by Gasteiger charge is 2.22. The molecule has 0 saturated carbocycles. The SMILES string of the molecule is CCCCCCCCCCCCCCCCCCc1cc(O)c(C(C)(C)C)cc1C(=O)O. The molecule has 0 bridgehead atoms. The number of phenolic OH excluding ortho intramolecular Hbond substituents is 1. The summed E-state index contributed by atoms with van der Waals surface area (Å²) in [6.07, 6.45) is 22.0. The van der Waals surface area contributed by atoms with Crippen molar-refractivity contribution < 1.29 is 15.0 Å². The molecule has 3 nitrogen and oxygen atoms in total. The minimum atomic E-state index is -0.901. The van der Waals surface area contributed by atoms with E-state index in [1.807, 2.05) is 20.8 Å². The van der Waals surface area contributed by atoms with Gasteiger partial charge in [0.1, 0.15) is 5.75 Å². The Morgan fingerprint density at radius 1 is 0.719 bits per heavy atom. The van der Waals surface area contributed by atoms with E-state index in [1.165, 1.54) is 89.9 Å². The lowest BCUT2D eigenvalue weighted by Gasteiger charge is -2.22. The molecule has 0 fully saturated rings. The maximum absolute atomic E-state index is 11.7. The predicted molar refractivity (Wildman–Crippen MR) is 137 cm³/mol. The first kappa shape index (κ1) is 28.5. The maximum Gasteiger partial charge on any atom is 0.335 e. The Morgan fingerprint density at radius 2 is 1.12 bits per heavy atom. The highest BCUT2D eigenvalue weighted by Crippen LogP contribution is 2.33. The third-order valence-electron chi connectivity index (χ3n) is 6.56. The van der Waals surface area contributed by atoms with Crippen molar-refractivity contribution >= 4 is 5.97 Å². The first-order chi connectivity index (χ1) is 15.3. The van der Waals surface area contributed by atoms with Crippen LogP contribution < -0.4 is 0 Å². The van der Waals surface area contributed by atoms with E-state index in [-0.39, 0.29) is 11.2 Å². The van der Waals surface area contributed by atoms with Crippen molar-refractivity contribution in [2.75, 3.05) is 0 Å².